The Hall–Kier alpha value is -1.87. The lowest BCUT2D eigenvalue weighted by atomic mass is 10.0. The van der Waals surface area contributed by atoms with Crippen LogP contribution in [0.5, 0.6) is 0 Å². The van der Waals surface area contributed by atoms with Gasteiger partial charge in [-0.15, -0.1) is 0 Å². The van der Waals surface area contributed by atoms with Crippen LogP contribution >= 0.6 is 11.8 Å². The van der Waals surface area contributed by atoms with Crippen molar-refractivity contribution in [3.05, 3.63) is 22.9 Å². The van der Waals surface area contributed by atoms with Crippen LogP contribution in [0.3, 0.4) is 0 Å². The average molecular weight is 331 g/mol. The van der Waals surface area contributed by atoms with E-state index in [1.807, 2.05) is 4.90 Å². The molecule has 1 fully saturated rings. The van der Waals surface area contributed by atoms with Crippen LogP contribution in [0.25, 0.3) is 0 Å². The third-order valence-electron chi connectivity index (χ3n) is 4.02. The fourth-order valence-corrected chi connectivity index (χ4v) is 3.67. The quantitative estimate of drug-likeness (QED) is 0.626. The van der Waals surface area contributed by atoms with Crippen LogP contribution < -0.4 is 0 Å². The van der Waals surface area contributed by atoms with Crippen LogP contribution in [0.4, 0.5) is 0 Å². The van der Waals surface area contributed by atoms with Crippen LogP contribution in [0, 0.1) is 24.2 Å². The Morgan fingerprint density at radius 2 is 2.26 bits per heavy atom. The molecule has 1 aromatic rings. The van der Waals surface area contributed by atoms with Gasteiger partial charge in [0.1, 0.15) is 11.1 Å². The van der Waals surface area contributed by atoms with E-state index in [2.05, 4.69) is 18.0 Å². The van der Waals surface area contributed by atoms with Crippen molar-refractivity contribution in [2.75, 3.05) is 18.8 Å². The number of hydrogen-bond donors (Lipinski definition) is 0. The molecule has 122 valence electrons. The summed E-state index contributed by atoms with van der Waals surface area (Å²) in [5.41, 5.74) is 1.41. The second kappa shape index (κ2) is 7.60. The van der Waals surface area contributed by atoms with Gasteiger partial charge in [-0.25, -0.2) is 4.98 Å². The summed E-state index contributed by atoms with van der Waals surface area (Å²) in [6.45, 7) is 6.98. The van der Waals surface area contributed by atoms with E-state index in [1.165, 1.54) is 25.1 Å². The molecule has 1 amide bonds. The molecule has 2 rings (SSSR count). The minimum absolute atomic E-state index is 0.0838. The standard InChI is InChI=1S/C17H21N3O2S/c1-11-5-4-6-20(9-11)16(22)10-23-17-14(8-18)7-15(13(3)21)12(2)19-17/h7,11H,4-6,9-10H2,1-3H3. The predicted octanol–water partition coefficient (Wildman–Crippen LogP) is 2.81. The molecule has 0 bridgehead atoms. The predicted molar refractivity (Wildman–Crippen MR) is 89.4 cm³/mol. The number of pyridine rings is 1. The third-order valence-corrected chi connectivity index (χ3v) is 5.00. The summed E-state index contributed by atoms with van der Waals surface area (Å²) in [7, 11) is 0. The first-order valence-corrected chi connectivity index (χ1v) is 8.74. The number of Topliss-reactive ketones (excluding diaryl/α,β-unsaturated/α-hetero) is 1. The number of carbonyl (C=O) groups excluding carboxylic acids is 2. The van der Waals surface area contributed by atoms with Gasteiger partial charge < -0.3 is 4.90 Å². The van der Waals surface area contributed by atoms with Crippen molar-refractivity contribution < 1.29 is 9.59 Å². The maximum absolute atomic E-state index is 12.3. The van der Waals surface area contributed by atoms with Crippen molar-refractivity contribution in [1.29, 1.82) is 5.26 Å². The summed E-state index contributed by atoms with van der Waals surface area (Å²) in [5, 5.41) is 9.78. The summed E-state index contributed by atoms with van der Waals surface area (Å²) >= 11 is 1.27. The smallest absolute Gasteiger partial charge is 0.232 e. The number of amides is 1. The van der Waals surface area contributed by atoms with Crippen molar-refractivity contribution in [2.45, 2.75) is 38.6 Å². The fraction of sp³-hybridized carbons (Fsp3) is 0.529. The molecule has 5 nitrogen and oxygen atoms in total. The number of aromatic nitrogens is 1. The van der Waals surface area contributed by atoms with Crippen LogP contribution in [-0.4, -0.2) is 40.4 Å². The second-order valence-corrected chi connectivity index (χ2v) is 6.98. The summed E-state index contributed by atoms with van der Waals surface area (Å²) in [6, 6.07) is 3.64. The number of thioether (sulfide) groups is 1. The molecular formula is C17H21N3O2S. The topological polar surface area (TPSA) is 74.1 Å². The molecule has 0 aromatic carbocycles. The van der Waals surface area contributed by atoms with E-state index in [9.17, 15) is 14.9 Å². The summed E-state index contributed by atoms with van der Waals surface area (Å²) in [5.74, 6) is 0.789. The maximum atomic E-state index is 12.3. The van der Waals surface area contributed by atoms with Gasteiger partial charge in [-0.05, 0) is 38.7 Å². The van der Waals surface area contributed by atoms with Crippen LogP contribution in [0.2, 0.25) is 0 Å². The number of aryl methyl sites for hydroxylation is 1. The lowest BCUT2D eigenvalue weighted by molar-refractivity contribution is -0.130. The molecule has 6 heteroatoms. The highest BCUT2D eigenvalue weighted by Crippen LogP contribution is 2.24. The van der Waals surface area contributed by atoms with E-state index in [4.69, 9.17) is 0 Å². The van der Waals surface area contributed by atoms with E-state index in [-0.39, 0.29) is 17.4 Å². The van der Waals surface area contributed by atoms with E-state index in [0.717, 1.165) is 19.5 Å². The van der Waals surface area contributed by atoms with Gasteiger partial charge in [0.25, 0.3) is 0 Å². The minimum atomic E-state index is -0.110. The number of nitriles is 1. The van der Waals surface area contributed by atoms with E-state index < -0.39 is 0 Å². The van der Waals surface area contributed by atoms with Gasteiger partial charge in [-0.3, -0.25) is 9.59 Å². The number of hydrogen-bond acceptors (Lipinski definition) is 5. The fourth-order valence-electron chi connectivity index (χ4n) is 2.77. The van der Waals surface area contributed by atoms with Gasteiger partial charge in [0.15, 0.2) is 5.78 Å². The monoisotopic (exact) mass is 331 g/mol. The molecule has 2 heterocycles. The number of nitrogens with zero attached hydrogens (tertiary/aromatic N) is 3. The first-order chi connectivity index (χ1) is 10.9. The maximum Gasteiger partial charge on any atom is 0.232 e. The SMILES string of the molecule is CC(=O)c1cc(C#N)c(SCC(=O)N2CCCC(C)C2)nc1C. The zero-order valence-electron chi connectivity index (χ0n) is 13.8. The first-order valence-electron chi connectivity index (χ1n) is 7.75. The van der Waals surface area contributed by atoms with Gasteiger partial charge in [0, 0.05) is 24.3 Å². The van der Waals surface area contributed by atoms with E-state index in [0.29, 0.717) is 27.8 Å². The zero-order valence-corrected chi connectivity index (χ0v) is 14.6. The number of rotatable bonds is 4. The molecule has 0 radical (unpaired) electrons. The van der Waals surface area contributed by atoms with Crippen LogP contribution in [-0.2, 0) is 4.79 Å². The molecule has 0 spiro atoms. The third kappa shape index (κ3) is 4.32. The zero-order chi connectivity index (χ0) is 17.0. The van der Waals surface area contributed by atoms with Crippen molar-refractivity contribution in [1.82, 2.24) is 9.88 Å². The molecule has 1 aromatic heterocycles. The molecule has 1 atom stereocenters. The van der Waals surface area contributed by atoms with Gasteiger partial charge in [0.05, 0.1) is 11.3 Å². The lowest BCUT2D eigenvalue weighted by Crippen LogP contribution is -2.40. The van der Waals surface area contributed by atoms with E-state index in [1.54, 1.807) is 13.0 Å². The van der Waals surface area contributed by atoms with E-state index >= 15 is 0 Å². The van der Waals surface area contributed by atoms with Crippen molar-refractivity contribution in [3.63, 3.8) is 0 Å². The number of carbonyl (C=O) groups is 2. The van der Waals surface area contributed by atoms with Gasteiger partial charge in [0.2, 0.25) is 5.91 Å². The molecule has 0 aliphatic carbocycles. The Balaban J connectivity index is 2.08. The molecule has 1 unspecified atom stereocenters. The molecular weight excluding hydrogens is 310 g/mol. The number of likely N-dealkylation sites (tertiary alicyclic amines) is 1. The van der Waals surface area contributed by atoms with Crippen molar-refractivity contribution in [2.24, 2.45) is 5.92 Å². The minimum Gasteiger partial charge on any atom is -0.342 e. The lowest BCUT2D eigenvalue weighted by Gasteiger charge is -2.30. The Kier molecular flexibility index (Phi) is 5.78. The van der Waals surface area contributed by atoms with Crippen molar-refractivity contribution >= 4 is 23.5 Å². The van der Waals surface area contributed by atoms with Crippen LogP contribution in [0.1, 0.15) is 48.3 Å². The van der Waals surface area contributed by atoms with Crippen molar-refractivity contribution in [3.8, 4) is 6.07 Å². The molecule has 0 saturated carbocycles. The molecule has 1 aliphatic rings. The van der Waals surface area contributed by atoms with Gasteiger partial charge in [-0.2, -0.15) is 5.26 Å². The number of piperidine rings is 1. The summed E-state index contributed by atoms with van der Waals surface area (Å²) in [4.78, 5) is 30.1. The summed E-state index contributed by atoms with van der Waals surface area (Å²) in [6.07, 6.45) is 2.22. The highest BCUT2D eigenvalue weighted by molar-refractivity contribution is 7.99. The Morgan fingerprint density at radius 3 is 2.87 bits per heavy atom. The highest BCUT2D eigenvalue weighted by Gasteiger charge is 2.21. The Morgan fingerprint density at radius 1 is 1.52 bits per heavy atom. The Labute approximate surface area is 141 Å². The van der Waals surface area contributed by atoms with Gasteiger partial charge in [-0.1, -0.05) is 18.7 Å². The number of ketones is 1. The van der Waals surface area contributed by atoms with Crippen LogP contribution in [0.15, 0.2) is 11.1 Å². The Bertz CT molecular complexity index is 667. The molecule has 1 saturated heterocycles. The second-order valence-electron chi connectivity index (χ2n) is 6.02. The normalized spacial score (nSPS) is 17.7. The highest BCUT2D eigenvalue weighted by atomic mass is 32.2. The largest absolute Gasteiger partial charge is 0.342 e. The average Bonchev–Trinajstić information content (AvgIpc) is 2.52. The molecule has 23 heavy (non-hydrogen) atoms. The summed E-state index contributed by atoms with van der Waals surface area (Å²) < 4.78 is 0. The molecule has 1 aliphatic heterocycles. The molecule has 0 N–H and O–H groups in total. The van der Waals surface area contributed by atoms with Gasteiger partial charge >= 0.3 is 0 Å². The first kappa shape index (κ1) is 17.5.